The number of hydrogen-bond acceptors (Lipinski definition) is 6. The van der Waals surface area contributed by atoms with Crippen LogP contribution in [-0.2, 0) is 16.5 Å². The average Bonchev–Trinajstić information content (AvgIpc) is 2.79. The van der Waals surface area contributed by atoms with Gasteiger partial charge in [0, 0.05) is 43.9 Å². The highest BCUT2D eigenvalue weighted by Gasteiger charge is 2.49. The van der Waals surface area contributed by atoms with E-state index in [2.05, 4.69) is 4.18 Å². The van der Waals surface area contributed by atoms with Crippen molar-refractivity contribution in [2.24, 2.45) is 0 Å². The number of benzene rings is 2. The van der Waals surface area contributed by atoms with Gasteiger partial charge in [-0.25, -0.2) is 8.78 Å². The molecule has 2 heterocycles. The lowest BCUT2D eigenvalue weighted by Crippen LogP contribution is -2.53. The molecule has 40 heavy (non-hydrogen) atoms. The summed E-state index contributed by atoms with van der Waals surface area (Å²) in [6, 6.07) is 2.65. The number of alkyl halides is 7. The van der Waals surface area contributed by atoms with Gasteiger partial charge >= 0.3 is 21.8 Å². The fourth-order valence-corrected chi connectivity index (χ4v) is 5.22. The van der Waals surface area contributed by atoms with Crippen LogP contribution in [0, 0.1) is 11.6 Å². The van der Waals surface area contributed by atoms with Crippen LogP contribution in [0.15, 0.2) is 30.3 Å². The van der Waals surface area contributed by atoms with Gasteiger partial charge in [0.05, 0.1) is 19.3 Å². The van der Waals surface area contributed by atoms with E-state index in [1.807, 2.05) is 4.90 Å². The van der Waals surface area contributed by atoms with Crippen molar-refractivity contribution in [3.05, 3.63) is 58.7 Å². The van der Waals surface area contributed by atoms with Crippen molar-refractivity contribution >= 4 is 10.1 Å². The number of hydrogen-bond donors (Lipinski definition) is 0. The molecule has 0 amide bonds. The zero-order chi connectivity index (χ0) is 29.5. The molecule has 1 atom stereocenters. The number of rotatable bonds is 9. The van der Waals surface area contributed by atoms with E-state index in [-0.39, 0.29) is 23.3 Å². The van der Waals surface area contributed by atoms with Crippen LogP contribution in [-0.4, -0.2) is 75.4 Å². The molecule has 4 rings (SSSR count). The molecule has 2 aliphatic rings. The van der Waals surface area contributed by atoms with Crippen LogP contribution >= 0.6 is 0 Å². The van der Waals surface area contributed by atoms with Crippen molar-refractivity contribution in [2.45, 2.75) is 36.7 Å². The molecule has 0 N–H and O–H groups in total. The number of nitrogens with zero attached hydrogens (tertiary/aromatic N) is 2. The van der Waals surface area contributed by atoms with Crippen LogP contribution in [0.4, 0.5) is 39.5 Å². The van der Waals surface area contributed by atoms with E-state index in [0.717, 1.165) is 35.2 Å². The van der Waals surface area contributed by atoms with Gasteiger partial charge in [0.2, 0.25) is 0 Å². The summed E-state index contributed by atoms with van der Waals surface area (Å²) >= 11 is 0. The number of ether oxygens (including phenoxy) is 1. The van der Waals surface area contributed by atoms with E-state index in [4.69, 9.17) is 4.74 Å². The average molecular weight is 607 g/mol. The highest BCUT2D eigenvalue weighted by molar-refractivity contribution is 7.88. The second-order valence-electron chi connectivity index (χ2n) is 9.42. The maximum absolute atomic E-state index is 15.3. The molecule has 0 spiro atoms. The SMILES string of the molecule is O=S(=O)(Oc1ccc2c(c1)CCN(CC(F)(F)F)C2c1c(F)cc(OC2CN(CCCF)C2)cc1F)C(F)(F)F. The molecule has 16 heteroatoms. The second-order valence-corrected chi connectivity index (χ2v) is 11.0. The molecule has 0 bridgehead atoms. The van der Waals surface area contributed by atoms with E-state index in [1.165, 1.54) is 0 Å². The molecule has 2 aromatic carbocycles. The third-order valence-corrected chi connectivity index (χ3v) is 7.45. The molecule has 0 aliphatic carbocycles. The zero-order valence-electron chi connectivity index (χ0n) is 20.5. The first kappa shape index (κ1) is 30.2. The summed E-state index contributed by atoms with van der Waals surface area (Å²) in [5.74, 6) is -3.39. The summed E-state index contributed by atoms with van der Waals surface area (Å²) in [7, 11) is -6.02. The van der Waals surface area contributed by atoms with Crippen molar-refractivity contribution in [1.29, 1.82) is 0 Å². The largest absolute Gasteiger partial charge is 0.534 e. The summed E-state index contributed by atoms with van der Waals surface area (Å²) in [5.41, 5.74) is -6.48. The number of halogens is 9. The van der Waals surface area contributed by atoms with Gasteiger partial charge in [-0.3, -0.25) is 14.2 Å². The number of likely N-dealkylation sites (tertiary alicyclic amines) is 1. The Balaban J connectivity index is 1.64. The highest BCUT2D eigenvalue weighted by atomic mass is 32.2. The van der Waals surface area contributed by atoms with Crippen LogP contribution in [0.25, 0.3) is 0 Å². The second kappa shape index (κ2) is 11.3. The van der Waals surface area contributed by atoms with Gasteiger partial charge in [-0.2, -0.15) is 34.8 Å². The molecular formula is C24H23F9N2O4S. The van der Waals surface area contributed by atoms with Gasteiger partial charge in [0.25, 0.3) is 0 Å². The minimum atomic E-state index is -6.02. The quantitative estimate of drug-likeness (QED) is 0.224. The summed E-state index contributed by atoms with van der Waals surface area (Å²) in [6.07, 6.45) is -5.05. The summed E-state index contributed by atoms with van der Waals surface area (Å²) in [6.45, 7) is -1.16. The van der Waals surface area contributed by atoms with Crippen molar-refractivity contribution in [3.8, 4) is 11.5 Å². The highest BCUT2D eigenvalue weighted by Crippen LogP contribution is 2.41. The summed E-state index contributed by atoms with van der Waals surface area (Å²) < 4.78 is 154. The Bertz CT molecular complexity index is 1310. The maximum atomic E-state index is 15.3. The standard InChI is InChI=1S/C24H23F9N2O4S/c25-5-1-6-34-11-17(12-34)38-16-9-19(26)21(20(27)10-16)22-18-3-2-15(39-40(36,37)24(31,32)33)8-14(18)4-7-35(22)13-23(28,29)30/h2-3,8-10,17,22H,1,4-7,11-13H2. The van der Waals surface area contributed by atoms with E-state index in [9.17, 15) is 39.2 Å². The summed E-state index contributed by atoms with van der Waals surface area (Å²) in [4.78, 5) is 2.64. The topological polar surface area (TPSA) is 59.1 Å². The van der Waals surface area contributed by atoms with Gasteiger partial charge in [0.15, 0.2) is 0 Å². The monoisotopic (exact) mass is 606 g/mol. The van der Waals surface area contributed by atoms with Crippen LogP contribution < -0.4 is 8.92 Å². The zero-order valence-corrected chi connectivity index (χ0v) is 21.4. The molecular weight excluding hydrogens is 583 g/mol. The molecule has 6 nitrogen and oxygen atoms in total. The third kappa shape index (κ3) is 6.77. The van der Waals surface area contributed by atoms with Crippen molar-refractivity contribution in [3.63, 3.8) is 0 Å². The first-order valence-corrected chi connectivity index (χ1v) is 13.4. The molecule has 0 radical (unpaired) electrons. The lowest BCUT2D eigenvalue weighted by Gasteiger charge is -2.39. The van der Waals surface area contributed by atoms with Crippen LogP contribution in [0.5, 0.6) is 11.5 Å². The molecule has 1 unspecified atom stereocenters. The first-order chi connectivity index (χ1) is 18.6. The van der Waals surface area contributed by atoms with Crippen molar-refractivity contribution in [2.75, 3.05) is 39.4 Å². The molecule has 1 saturated heterocycles. The normalized spacial score (nSPS) is 19.3. The third-order valence-electron chi connectivity index (χ3n) is 6.47. The first-order valence-electron chi connectivity index (χ1n) is 12.0. The van der Waals surface area contributed by atoms with Crippen molar-refractivity contribution < 1.29 is 56.9 Å². The Morgan fingerprint density at radius 2 is 1.60 bits per heavy atom. The summed E-state index contributed by atoms with van der Waals surface area (Å²) in [5, 5.41) is 0. The molecule has 2 aliphatic heterocycles. The lowest BCUT2D eigenvalue weighted by atomic mass is 9.87. The molecule has 2 aromatic rings. The Kier molecular flexibility index (Phi) is 8.53. The van der Waals surface area contributed by atoms with E-state index >= 15 is 8.78 Å². The molecule has 222 valence electrons. The van der Waals surface area contributed by atoms with Gasteiger partial charge < -0.3 is 8.92 Å². The van der Waals surface area contributed by atoms with E-state index < -0.39 is 76.7 Å². The fourth-order valence-electron chi connectivity index (χ4n) is 4.77. The van der Waals surface area contributed by atoms with Gasteiger partial charge in [-0.1, -0.05) is 6.07 Å². The fraction of sp³-hybridized carbons (Fsp3) is 0.500. The molecule has 0 saturated carbocycles. The predicted octanol–water partition coefficient (Wildman–Crippen LogP) is 5.13. The van der Waals surface area contributed by atoms with Crippen LogP contribution in [0.3, 0.4) is 0 Å². The number of fused-ring (bicyclic) bond motifs is 1. The van der Waals surface area contributed by atoms with Gasteiger partial charge in [-0.15, -0.1) is 0 Å². The Morgan fingerprint density at radius 3 is 2.17 bits per heavy atom. The van der Waals surface area contributed by atoms with Crippen molar-refractivity contribution in [1.82, 2.24) is 9.80 Å². The van der Waals surface area contributed by atoms with E-state index in [1.54, 1.807) is 0 Å². The van der Waals surface area contributed by atoms with Gasteiger partial charge in [-0.05, 0) is 36.1 Å². The minimum absolute atomic E-state index is 0.0558. The predicted molar refractivity (Wildman–Crippen MR) is 123 cm³/mol. The molecule has 1 fully saturated rings. The maximum Gasteiger partial charge on any atom is 0.534 e. The van der Waals surface area contributed by atoms with Crippen LogP contribution in [0.2, 0.25) is 0 Å². The van der Waals surface area contributed by atoms with Crippen LogP contribution in [0.1, 0.15) is 29.2 Å². The van der Waals surface area contributed by atoms with E-state index in [0.29, 0.717) is 26.1 Å². The smallest absolute Gasteiger partial charge is 0.488 e. The Labute approximate surface area is 223 Å². The Hall–Kier alpha value is -2.72. The minimum Gasteiger partial charge on any atom is -0.488 e. The lowest BCUT2D eigenvalue weighted by molar-refractivity contribution is -0.150. The van der Waals surface area contributed by atoms with Gasteiger partial charge in [0.1, 0.15) is 29.2 Å². The molecule has 0 aromatic heterocycles. The Morgan fingerprint density at radius 1 is 0.950 bits per heavy atom.